The van der Waals surface area contributed by atoms with Gasteiger partial charge in [-0.15, -0.1) is 0 Å². The van der Waals surface area contributed by atoms with E-state index in [1.54, 1.807) is 0 Å². The number of rotatable bonds is 0. The van der Waals surface area contributed by atoms with Gasteiger partial charge >= 0.3 is 0 Å². The summed E-state index contributed by atoms with van der Waals surface area (Å²) in [6.45, 7) is 0. The maximum absolute atomic E-state index is 4.12. The van der Waals surface area contributed by atoms with E-state index in [0.717, 1.165) is 24.0 Å². The molecule has 1 aromatic carbocycles. The van der Waals surface area contributed by atoms with Crippen LogP contribution in [0, 0.1) is 11.8 Å². The molecule has 0 spiro atoms. The minimum Gasteiger partial charge on any atom is -0.263 e. The first kappa shape index (κ1) is 9.18. The van der Waals surface area contributed by atoms with Crippen molar-refractivity contribution in [1.29, 1.82) is 0 Å². The standard InChI is InChI=1S/C15H11N/c1-2-4-13-7-8-15-11-16-10-9-14(15)6-5-12(13)3-1/h1-4,9-11H,5-6H2. The highest BCUT2D eigenvalue weighted by Gasteiger charge is 2.06. The van der Waals surface area contributed by atoms with E-state index in [4.69, 9.17) is 0 Å². The molecular formula is C15H11N. The fraction of sp³-hybridized carbons (Fsp3) is 0.133. The largest absolute Gasteiger partial charge is 0.263 e. The second kappa shape index (κ2) is 3.83. The Hall–Kier alpha value is -2.07. The van der Waals surface area contributed by atoms with Crippen molar-refractivity contribution in [3.63, 3.8) is 0 Å². The Labute approximate surface area is 95.2 Å². The second-order valence-electron chi connectivity index (χ2n) is 3.94. The normalized spacial score (nSPS) is 12.5. The molecule has 1 aliphatic rings. The molecule has 0 saturated carbocycles. The van der Waals surface area contributed by atoms with E-state index in [0.29, 0.717) is 0 Å². The second-order valence-corrected chi connectivity index (χ2v) is 3.94. The third-order valence-electron chi connectivity index (χ3n) is 2.92. The Kier molecular flexibility index (Phi) is 2.19. The van der Waals surface area contributed by atoms with Crippen LogP contribution in [0.15, 0.2) is 42.7 Å². The molecule has 0 aliphatic heterocycles. The fourth-order valence-electron chi connectivity index (χ4n) is 2.02. The van der Waals surface area contributed by atoms with Gasteiger partial charge in [0.25, 0.3) is 0 Å². The number of benzene rings is 1. The first-order valence-corrected chi connectivity index (χ1v) is 5.46. The number of hydrogen-bond acceptors (Lipinski definition) is 1. The Balaban J connectivity index is 2.16. The van der Waals surface area contributed by atoms with Gasteiger partial charge in [-0.05, 0) is 36.1 Å². The van der Waals surface area contributed by atoms with Crippen LogP contribution < -0.4 is 0 Å². The maximum atomic E-state index is 4.12. The third kappa shape index (κ3) is 1.59. The van der Waals surface area contributed by atoms with Crippen LogP contribution in [0.3, 0.4) is 0 Å². The molecular weight excluding hydrogens is 194 g/mol. The molecule has 0 amide bonds. The SMILES string of the molecule is C1#Cc2cnccc2CCc2ccccc21. The van der Waals surface area contributed by atoms with Crippen LogP contribution in [0.1, 0.15) is 22.3 Å². The molecule has 0 fully saturated rings. The molecule has 0 unspecified atom stereocenters. The summed E-state index contributed by atoms with van der Waals surface area (Å²) >= 11 is 0. The fourth-order valence-corrected chi connectivity index (χ4v) is 2.02. The molecule has 2 aromatic rings. The molecule has 0 saturated heterocycles. The zero-order chi connectivity index (χ0) is 10.8. The third-order valence-corrected chi connectivity index (χ3v) is 2.92. The van der Waals surface area contributed by atoms with Gasteiger partial charge in [0.1, 0.15) is 0 Å². The molecule has 1 aromatic heterocycles. The van der Waals surface area contributed by atoms with Crippen LogP contribution in [0.2, 0.25) is 0 Å². The molecule has 1 heterocycles. The van der Waals surface area contributed by atoms with Crippen molar-refractivity contribution in [2.75, 3.05) is 0 Å². The molecule has 0 bridgehead atoms. The van der Waals surface area contributed by atoms with Gasteiger partial charge in [-0.1, -0.05) is 30.0 Å². The van der Waals surface area contributed by atoms with Crippen molar-refractivity contribution in [3.05, 3.63) is 65.0 Å². The number of aryl methyl sites for hydroxylation is 2. The average molecular weight is 205 g/mol. The van der Waals surface area contributed by atoms with Crippen molar-refractivity contribution in [1.82, 2.24) is 4.98 Å². The summed E-state index contributed by atoms with van der Waals surface area (Å²) < 4.78 is 0. The van der Waals surface area contributed by atoms with Crippen molar-refractivity contribution >= 4 is 0 Å². The predicted molar refractivity (Wildman–Crippen MR) is 64.1 cm³/mol. The number of fused-ring (bicyclic) bond motifs is 2. The summed E-state index contributed by atoms with van der Waals surface area (Å²) in [4.78, 5) is 4.12. The van der Waals surface area contributed by atoms with Gasteiger partial charge in [-0.2, -0.15) is 0 Å². The molecule has 0 atom stereocenters. The van der Waals surface area contributed by atoms with Gasteiger partial charge in [0.05, 0.1) is 0 Å². The Bertz CT molecular complexity index is 536. The maximum Gasteiger partial charge on any atom is 0.0464 e. The van der Waals surface area contributed by atoms with E-state index in [1.807, 2.05) is 18.5 Å². The Morgan fingerprint density at radius 1 is 0.875 bits per heavy atom. The predicted octanol–water partition coefficient (Wildman–Crippen LogP) is 2.58. The highest BCUT2D eigenvalue weighted by Crippen LogP contribution is 2.16. The van der Waals surface area contributed by atoms with E-state index in [1.165, 1.54) is 11.1 Å². The van der Waals surface area contributed by atoms with Gasteiger partial charge in [0.15, 0.2) is 0 Å². The number of pyridine rings is 1. The molecule has 16 heavy (non-hydrogen) atoms. The van der Waals surface area contributed by atoms with E-state index in [-0.39, 0.29) is 0 Å². The molecule has 3 rings (SSSR count). The van der Waals surface area contributed by atoms with Crippen molar-refractivity contribution in [3.8, 4) is 11.8 Å². The van der Waals surface area contributed by atoms with E-state index >= 15 is 0 Å². The molecule has 1 aliphatic carbocycles. The van der Waals surface area contributed by atoms with Crippen LogP contribution in [0.25, 0.3) is 0 Å². The summed E-state index contributed by atoms with van der Waals surface area (Å²) in [6, 6.07) is 10.4. The zero-order valence-corrected chi connectivity index (χ0v) is 8.90. The van der Waals surface area contributed by atoms with E-state index in [9.17, 15) is 0 Å². The van der Waals surface area contributed by atoms with Crippen LogP contribution >= 0.6 is 0 Å². The van der Waals surface area contributed by atoms with Gasteiger partial charge in [-0.25, -0.2) is 0 Å². The summed E-state index contributed by atoms with van der Waals surface area (Å²) in [5.74, 6) is 6.44. The average Bonchev–Trinajstić information content (AvgIpc) is 2.32. The van der Waals surface area contributed by atoms with Crippen LogP contribution in [-0.2, 0) is 12.8 Å². The van der Waals surface area contributed by atoms with Crippen LogP contribution in [0.4, 0.5) is 0 Å². The topological polar surface area (TPSA) is 12.9 Å². The summed E-state index contributed by atoms with van der Waals surface area (Å²) in [5, 5.41) is 0. The number of aromatic nitrogens is 1. The van der Waals surface area contributed by atoms with Gasteiger partial charge < -0.3 is 0 Å². The van der Waals surface area contributed by atoms with Gasteiger partial charge in [-0.3, -0.25) is 4.98 Å². The Morgan fingerprint density at radius 3 is 2.56 bits per heavy atom. The molecule has 1 nitrogen and oxygen atoms in total. The van der Waals surface area contributed by atoms with Crippen molar-refractivity contribution in [2.24, 2.45) is 0 Å². The lowest BCUT2D eigenvalue weighted by Crippen LogP contribution is -2.00. The highest BCUT2D eigenvalue weighted by molar-refractivity contribution is 5.50. The van der Waals surface area contributed by atoms with Gasteiger partial charge in [0, 0.05) is 23.5 Å². The summed E-state index contributed by atoms with van der Waals surface area (Å²) in [5.41, 5.74) is 4.86. The first-order chi connectivity index (χ1) is 7.93. The molecule has 0 radical (unpaired) electrons. The zero-order valence-electron chi connectivity index (χ0n) is 8.90. The van der Waals surface area contributed by atoms with Crippen molar-refractivity contribution in [2.45, 2.75) is 12.8 Å². The molecule has 76 valence electrons. The van der Waals surface area contributed by atoms with Crippen LogP contribution in [-0.4, -0.2) is 4.98 Å². The lowest BCUT2D eigenvalue weighted by molar-refractivity contribution is 0.945. The molecule has 0 N–H and O–H groups in total. The monoisotopic (exact) mass is 205 g/mol. The lowest BCUT2D eigenvalue weighted by Gasteiger charge is -2.09. The smallest absolute Gasteiger partial charge is 0.0464 e. The minimum atomic E-state index is 1.05. The number of nitrogens with zero attached hydrogens (tertiary/aromatic N) is 1. The first-order valence-electron chi connectivity index (χ1n) is 5.46. The van der Waals surface area contributed by atoms with E-state index in [2.05, 4.69) is 41.1 Å². The lowest BCUT2D eigenvalue weighted by atomic mass is 9.96. The van der Waals surface area contributed by atoms with E-state index < -0.39 is 0 Å². The quantitative estimate of drug-likeness (QED) is 0.602. The summed E-state index contributed by atoms with van der Waals surface area (Å²) in [7, 11) is 0. The Morgan fingerprint density at radius 2 is 1.62 bits per heavy atom. The van der Waals surface area contributed by atoms with Crippen molar-refractivity contribution < 1.29 is 0 Å². The van der Waals surface area contributed by atoms with Gasteiger partial charge in [0.2, 0.25) is 0 Å². The minimum absolute atomic E-state index is 1.05. The summed E-state index contributed by atoms with van der Waals surface area (Å²) in [6.07, 6.45) is 5.80. The highest BCUT2D eigenvalue weighted by atomic mass is 14.6. The number of hydrogen-bond donors (Lipinski definition) is 0. The van der Waals surface area contributed by atoms with Crippen LogP contribution in [0.5, 0.6) is 0 Å². The molecule has 1 heteroatoms.